The topological polar surface area (TPSA) is 95.3 Å². The average Bonchev–Trinajstić information content (AvgIpc) is 3.49. The van der Waals surface area contributed by atoms with Gasteiger partial charge in [0.05, 0.1) is 29.1 Å². The smallest absolute Gasteiger partial charge is 0.266 e. The number of nitrogens with one attached hydrogen (secondary N) is 1. The Balaban J connectivity index is 1.37. The van der Waals surface area contributed by atoms with Gasteiger partial charge in [-0.15, -0.1) is 22.7 Å². The minimum Gasteiger partial charge on any atom is -0.493 e. The number of ether oxygens (including phenoxy) is 2. The van der Waals surface area contributed by atoms with Crippen LogP contribution in [0.4, 0.5) is 0 Å². The lowest BCUT2D eigenvalue weighted by Crippen LogP contribution is -2.34. The molecule has 10 heteroatoms. The highest BCUT2D eigenvalue weighted by atomic mass is 32.1. The van der Waals surface area contributed by atoms with E-state index in [4.69, 9.17) is 9.47 Å². The fourth-order valence-electron chi connectivity index (χ4n) is 3.10. The van der Waals surface area contributed by atoms with Crippen LogP contribution in [0.1, 0.15) is 5.69 Å². The summed E-state index contributed by atoms with van der Waals surface area (Å²) in [6, 6.07) is 14.3. The molecule has 4 aromatic rings. The van der Waals surface area contributed by atoms with E-state index in [1.165, 1.54) is 17.9 Å². The first kappa shape index (κ1) is 22.7. The highest BCUT2D eigenvalue weighted by Crippen LogP contribution is 2.35. The molecule has 0 aliphatic heterocycles. The number of rotatable bonds is 9. The van der Waals surface area contributed by atoms with Crippen LogP contribution in [0.5, 0.6) is 11.5 Å². The Bertz CT molecular complexity index is 1300. The maximum Gasteiger partial charge on any atom is 0.266 e. The number of carbonyl (C=O) groups is 1. The first-order valence-corrected chi connectivity index (χ1v) is 11.9. The molecule has 0 aliphatic carbocycles. The summed E-state index contributed by atoms with van der Waals surface area (Å²) in [4.78, 5) is 31.1. The molecular formula is C23H22N4O4S2. The maximum absolute atomic E-state index is 12.3. The molecule has 0 saturated heterocycles. The monoisotopic (exact) mass is 482 g/mol. The molecule has 0 radical (unpaired) electrons. The minimum atomic E-state index is -0.302. The second kappa shape index (κ2) is 10.4. The van der Waals surface area contributed by atoms with E-state index in [1.54, 1.807) is 46.9 Å². The lowest BCUT2D eigenvalue weighted by Gasteiger charge is -2.11. The Morgan fingerprint density at radius 1 is 1.12 bits per heavy atom. The number of aryl methyl sites for hydroxylation is 1. The van der Waals surface area contributed by atoms with Crippen LogP contribution in [0.15, 0.2) is 58.7 Å². The van der Waals surface area contributed by atoms with Crippen LogP contribution in [0.3, 0.4) is 0 Å². The van der Waals surface area contributed by atoms with Crippen LogP contribution < -0.4 is 20.3 Å². The van der Waals surface area contributed by atoms with Gasteiger partial charge < -0.3 is 14.8 Å². The number of hydrogen-bond donors (Lipinski definition) is 1. The molecule has 1 N–H and O–H groups in total. The van der Waals surface area contributed by atoms with Crippen molar-refractivity contribution >= 4 is 28.6 Å². The van der Waals surface area contributed by atoms with Gasteiger partial charge in [0, 0.05) is 12.6 Å². The van der Waals surface area contributed by atoms with E-state index in [9.17, 15) is 9.59 Å². The normalized spacial score (nSPS) is 10.7. The quantitative estimate of drug-likeness (QED) is 0.392. The SMILES string of the molecule is COc1ccccc1OCC(=O)NCCn1nc(-c2sc(-c3cccs3)nc2C)ccc1=O. The van der Waals surface area contributed by atoms with Crippen molar-refractivity contribution in [1.82, 2.24) is 20.1 Å². The van der Waals surface area contributed by atoms with E-state index in [0.29, 0.717) is 17.2 Å². The predicted molar refractivity (Wildman–Crippen MR) is 129 cm³/mol. The summed E-state index contributed by atoms with van der Waals surface area (Å²) in [6.45, 7) is 2.26. The number of carbonyl (C=O) groups excluding carboxylic acids is 1. The fraction of sp³-hybridized carbons (Fsp3) is 0.217. The Hall–Kier alpha value is -3.50. The number of aromatic nitrogens is 3. The summed E-state index contributed by atoms with van der Waals surface area (Å²) >= 11 is 3.18. The van der Waals surface area contributed by atoms with Gasteiger partial charge in [-0.25, -0.2) is 9.67 Å². The van der Waals surface area contributed by atoms with Crippen LogP contribution in [-0.4, -0.2) is 40.9 Å². The van der Waals surface area contributed by atoms with Crippen molar-refractivity contribution in [2.75, 3.05) is 20.3 Å². The van der Waals surface area contributed by atoms with Gasteiger partial charge in [0.15, 0.2) is 18.1 Å². The van der Waals surface area contributed by atoms with Crippen molar-refractivity contribution in [1.29, 1.82) is 0 Å². The lowest BCUT2D eigenvalue weighted by atomic mass is 10.3. The second-order valence-corrected chi connectivity index (χ2v) is 8.93. The van der Waals surface area contributed by atoms with Gasteiger partial charge in [0.1, 0.15) is 10.7 Å². The maximum atomic E-state index is 12.3. The number of benzene rings is 1. The largest absolute Gasteiger partial charge is 0.493 e. The molecule has 0 fully saturated rings. The van der Waals surface area contributed by atoms with Gasteiger partial charge >= 0.3 is 0 Å². The molecule has 0 aliphatic rings. The third-order valence-corrected chi connectivity index (χ3v) is 6.92. The van der Waals surface area contributed by atoms with Gasteiger partial charge in [-0.3, -0.25) is 9.59 Å². The molecule has 0 saturated carbocycles. The number of nitrogens with zero attached hydrogens (tertiary/aromatic N) is 3. The van der Waals surface area contributed by atoms with E-state index in [-0.39, 0.29) is 31.2 Å². The molecule has 1 aromatic carbocycles. The molecule has 170 valence electrons. The number of thiophene rings is 1. The third kappa shape index (κ3) is 5.47. The van der Waals surface area contributed by atoms with Crippen LogP contribution in [-0.2, 0) is 11.3 Å². The van der Waals surface area contributed by atoms with E-state index >= 15 is 0 Å². The summed E-state index contributed by atoms with van der Waals surface area (Å²) in [6.07, 6.45) is 0. The van der Waals surface area contributed by atoms with Crippen molar-refractivity contribution in [2.45, 2.75) is 13.5 Å². The standard InChI is InChI=1S/C23H22N4O4S2/c1-15-22(33-23(25-15)19-8-5-13-32-19)16-9-10-21(29)27(26-16)12-11-24-20(28)14-31-18-7-4-3-6-17(18)30-2/h3-10,13H,11-12,14H2,1-2H3,(H,24,28). The Morgan fingerprint density at radius 2 is 1.94 bits per heavy atom. The molecule has 0 atom stereocenters. The molecule has 1 amide bonds. The Morgan fingerprint density at radius 3 is 2.70 bits per heavy atom. The second-order valence-electron chi connectivity index (χ2n) is 6.98. The number of methoxy groups -OCH3 is 1. The van der Waals surface area contributed by atoms with E-state index < -0.39 is 0 Å². The van der Waals surface area contributed by atoms with Crippen molar-refractivity contribution in [3.63, 3.8) is 0 Å². The number of hydrogen-bond acceptors (Lipinski definition) is 8. The average molecular weight is 483 g/mol. The molecule has 3 heterocycles. The first-order valence-electron chi connectivity index (χ1n) is 10.2. The van der Waals surface area contributed by atoms with E-state index in [0.717, 1.165) is 20.5 Å². The van der Waals surface area contributed by atoms with Gasteiger partial charge in [-0.1, -0.05) is 18.2 Å². The van der Waals surface area contributed by atoms with Gasteiger partial charge in [-0.05, 0) is 36.6 Å². The van der Waals surface area contributed by atoms with Gasteiger partial charge in [0.25, 0.3) is 11.5 Å². The van der Waals surface area contributed by atoms with Crippen LogP contribution in [0.25, 0.3) is 20.5 Å². The highest BCUT2D eigenvalue weighted by Gasteiger charge is 2.14. The number of amides is 1. The van der Waals surface area contributed by atoms with Crippen molar-refractivity contribution < 1.29 is 14.3 Å². The molecule has 33 heavy (non-hydrogen) atoms. The van der Waals surface area contributed by atoms with Crippen molar-refractivity contribution in [3.05, 3.63) is 70.0 Å². The molecule has 0 bridgehead atoms. The summed E-state index contributed by atoms with van der Waals surface area (Å²) in [5.74, 6) is 0.741. The molecule has 0 unspecified atom stereocenters. The molecular weight excluding hydrogens is 460 g/mol. The zero-order chi connectivity index (χ0) is 23.2. The zero-order valence-electron chi connectivity index (χ0n) is 18.1. The number of thiazole rings is 1. The lowest BCUT2D eigenvalue weighted by molar-refractivity contribution is -0.123. The van der Waals surface area contributed by atoms with E-state index in [2.05, 4.69) is 15.4 Å². The summed E-state index contributed by atoms with van der Waals surface area (Å²) in [5.41, 5.74) is 1.31. The Labute approximate surface area is 198 Å². The van der Waals surface area contributed by atoms with Crippen molar-refractivity contribution in [3.8, 4) is 32.0 Å². The summed E-state index contributed by atoms with van der Waals surface area (Å²) in [5, 5.41) is 10.2. The first-order chi connectivity index (χ1) is 16.0. The molecule has 3 aromatic heterocycles. The van der Waals surface area contributed by atoms with Crippen LogP contribution >= 0.6 is 22.7 Å². The van der Waals surface area contributed by atoms with Gasteiger partial charge in [0.2, 0.25) is 0 Å². The van der Waals surface area contributed by atoms with Gasteiger partial charge in [-0.2, -0.15) is 5.10 Å². The zero-order valence-corrected chi connectivity index (χ0v) is 19.7. The summed E-state index contributed by atoms with van der Waals surface area (Å²) < 4.78 is 12.1. The number of para-hydroxylation sites is 2. The van der Waals surface area contributed by atoms with E-state index in [1.807, 2.05) is 30.5 Å². The third-order valence-electron chi connectivity index (χ3n) is 4.70. The molecule has 8 nitrogen and oxygen atoms in total. The Kier molecular flexibility index (Phi) is 7.16. The van der Waals surface area contributed by atoms with Crippen molar-refractivity contribution in [2.24, 2.45) is 0 Å². The van der Waals surface area contributed by atoms with Crippen LogP contribution in [0.2, 0.25) is 0 Å². The predicted octanol–water partition coefficient (Wildman–Crippen LogP) is 3.61. The van der Waals surface area contributed by atoms with Crippen LogP contribution in [0, 0.1) is 6.92 Å². The minimum absolute atomic E-state index is 0.158. The highest BCUT2D eigenvalue weighted by molar-refractivity contribution is 7.23. The molecule has 0 spiro atoms. The molecule has 4 rings (SSSR count). The fourth-order valence-corrected chi connectivity index (χ4v) is 4.93. The summed E-state index contributed by atoms with van der Waals surface area (Å²) in [7, 11) is 1.54.